The molecular formula is C8H9Cl5O7. The Labute approximate surface area is 137 Å². The van der Waals surface area contributed by atoms with Crippen molar-refractivity contribution in [2.75, 3.05) is 0 Å². The molecule has 0 aliphatic heterocycles. The Kier molecular flexibility index (Phi) is 6.82. The van der Waals surface area contributed by atoms with Crippen molar-refractivity contribution < 1.29 is 34.8 Å². The second-order valence-electron chi connectivity index (χ2n) is 3.58. The standard InChI is InChI=1S/C8H9Cl5O7/c1-2(14)20-7(12,5(10)17)8(13,19)6(11,18)3(15)4(9)16/h3-4,15-16,18-19H,1H3/t3-,4?,6-,7+,8+/m1/s1. The lowest BCUT2D eigenvalue weighted by molar-refractivity contribution is -0.197. The number of halogens is 5. The Bertz CT molecular complexity index is 399. The highest BCUT2D eigenvalue weighted by molar-refractivity contribution is 6.71. The topological polar surface area (TPSA) is 124 Å². The summed E-state index contributed by atoms with van der Waals surface area (Å²) in [5.74, 6) is -1.22. The fraction of sp³-hybridized carbons (Fsp3) is 0.750. The first-order valence-corrected chi connectivity index (χ1v) is 6.57. The van der Waals surface area contributed by atoms with Crippen LogP contribution < -0.4 is 0 Å². The molecule has 0 bridgehead atoms. The van der Waals surface area contributed by atoms with E-state index in [-0.39, 0.29) is 0 Å². The van der Waals surface area contributed by atoms with Crippen LogP contribution in [0.2, 0.25) is 0 Å². The monoisotopic (exact) mass is 392 g/mol. The van der Waals surface area contributed by atoms with Crippen LogP contribution in [-0.4, -0.2) is 58.5 Å². The van der Waals surface area contributed by atoms with Gasteiger partial charge in [0.15, 0.2) is 5.56 Å². The second-order valence-corrected chi connectivity index (χ2v) is 6.02. The average Bonchev–Trinajstić information content (AvgIpc) is 2.25. The third-order valence-corrected chi connectivity index (χ3v) is 4.45. The van der Waals surface area contributed by atoms with Gasteiger partial charge in [-0.25, -0.2) is 0 Å². The summed E-state index contributed by atoms with van der Waals surface area (Å²) >= 11 is 26.5. The van der Waals surface area contributed by atoms with E-state index in [4.69, 9.17) is 63.1 Å². The molecule has 118 valence electrons. The Hall–Kier alpha value is 0.430. The zero-order valence-electron chi connectivity index (χ0n) is 9.56. The van der Waals surface area contributed by atoms with Gasteiger partial charge in [0.2, 0.25) is 10.1 Å². The highest BCUT2D eigenvalue weighted by Gasteiger charge is 2.70. The normalized spacial score (nSPS) is 23.7. The molecule has 0 aromatic heterocycles. The van der Waals surface area contributed by atoms with Crippen molar-refractivity contribution in [3.63, 3.8) is 0 Å². The average molecular weight is 394 g/mol. The Morgan fingerprint density at radius 3 is 1.80 bits per heavy atom. The molecule has 12 heteroatoms. The van der Waals surface area contributed by atoms with Crippen LogP contribution in [0.25, 0.3) is 0 Å². The largest absolute Gasteiger partial charge is 0.429 e. The second kappa shape index (κ2) is 6.68. The molecule has 0 rings (SSSR count). The summed E-state index contributed by atoms with van der Waals surface area (Å²) in [5, 5.41) is 26.1. The fourth-order valence-corrected chi connectivity index (χ4v) is 2.30. The summed E-state index contributed by atoms with van der Waals surface area (Å²) in [7, 11) is 0. The van der Waals surface area contributed by atoms with Gasteiger partial charge in [-0.3, -0.25) is 9.59 Å². The lowest BCUT2D eigenvalue weighted by Gasteiger charge is -2.43. The minimum absolute atomic E-state index is 0.782. The highest BCUT2D eigenvalue weighted by Crippen LogP contribution is 2.48. The number of carbonyl (C=O) groups is 2. The van der Waals surface area contributed by atoms with Crippen LogP contribution in [0.5, 0.6) is 0 Å². The summed E-state index contributed by atoms with van der Waals surface area (Å²) in [5.41, 5.74) is -2.22. The van der Waals surface area contributed by atoms with Crippen molar-refractivity contribution in [3.05, 3.63) is 0 Å². The lowest BCUT2D eigenvalue weighted by atomic mass is 10.0. The van der Waals surface area contributed by atoms with E-state index in [1.54, 1.807) is 0 Å². The molecule has 5 atom stereocenters. The number of ether oxygens (including phenoxy) is 1. The first kappa shape index (κ1) is 20.4. The molecule has 20 heavy (non-hydrogen) atoms. The van der Waals surface area contributed by atoms with Crippen molar-refractivity contribution in [2.45, 2.75) is 33.8 Å². The molecule has 7 nitrogen and oxygen atoms in total. The molecule has 0 fully saturated rings. The van der Waals surface area contributed by atoms with Gasteiger partial charge in [-0.2, -0.15) is 0 Å². The molecule has 0 spiro atoms. The maximum absolute atomic E-state index is 11.3. The molecule has 0 amide bonds. The molecule has 0 aliphatic carbocycles. The predicted molar refractivity (Wildman–Crippen MR) is 70.7 cm³/mol. The number of aliphatic hydroxyl groups excluding tert-OH is 2. The van der Waals surface area contributed by atoms with E-state index in [0.717, 1.165) is 6.92 Å². The quantitative estimate of drug-likeness (QED) is 0.284. The first-order valence-electron chi connectivity index (χ1n) is 4.63. The van der Waals surface area contributed by atoms with Gasteiger partial charge in [-0.15, -0.1) is 0 Å². The summed E-state index contributed by atoms with van der Waals surface area (Å²) in [6.45, 7) is 0.782. The lowest BCUT2D eigenvalue weighted by Crippen LogP contribution is -2.68. The van der Waals surface area contributed by atoms with Crippen molar-refractivity contribution in [2.24, 2.45) is 0 Å². The van der Waals surface area contributed by atoms with Crippen LogP contribution in [0.15, 0.2) is 0 Å². The van der Waals surface area contributed by atoms with E-state index in [0.29, 0.717) is 0 Å². The Morgan fingerprint density at radius 1 is 1.15 bits per heavy atom. The van der Waals surface area contributed by atoms with E-state index >= 15 is 0 Å². The van der Waals surface area contributed by atoms with Crippen molar-refractivity contribution in [3.8, 4) is 0 Å². The zero-order valence-corrected chi connectivity index (χ0v) is 13.3. The van der Waals surface area contributed by atoms with Gasteiger partial charge in [0, 0.05) is 6.92 Å². The molecule has 4 N–H and O–H groups in total. The molecule has 0 saturated heterocycles. The molecule has 1 unspecified atom stereocenters. The molecule has 0 radical (unpaired) electrons. The fourth-order valence-electron chi connectivity index (χ4n) is 1.04. The molecular weight excluding hydrogens is 385 g/mol. The van der Waals surface area contributed by atoms with Crippen molar-refractivity contribution in [1.82, 2.24) is 0 Å². The number of esters is 1. The summed E-state index contributed by atoms with van der Waals surface area (Å²) in [6.07, 6.45) is -2.50. The summed E-state index contributed by atoms with van der Waals surface area (Å²) < 4.78 is 4.26. The number of hydrogen-bond donors (Lipinski definition) is 4. The van der Waals surface area contributed by atoms with Crippen molar-refractivity contribution in [1.29, 1.82) is 0 Å². The Morgan fingerprint density at radius 2 is 1.55 bits per heavy atom. The predicted octanol–water partition coefficient (Wildman–Crippen LogP) is 0.0229. The number of carbonyl (C=O) groups excluding carboxylic acids is 2. The van der Waals surface area contributed by atoms with E-state index < -0.39 is 38.1 Å². The smallest absolute Gasteiger partial charge is 0.305 e. The van der Waals surface area contributed by atoms with E-state index in [1.807, 2.05) is 0 Å². The minimum atomic E-state index is -3.55. The number of aliphatic hydroxyl groups is 4. The number of rotatable bonds is 6. The summed E-state index contributed by atoms with van der Waals surface area (Å²) in [4.78, 5) is 22.1. The van der Waals surface area contributed by atoms with Gasteiger partial charge in [0.25, 0.3) is 5.24 Å². The minimum Gasteiger partial charge on any atom is -0.429 e. The van der Waals surface area contributed by atoms with Gasteiger partial charge >= 0.3 is 11.0 Å². The van der Waals surface area contributed by atoms with Crippen LogP contribution in [0, 0.1) is 0 Å². The van der Waals surface area contributed by atoms with E-state index in [9.17, 15) is 24.9 Å². The molecule has 0 aromatic rings. The third kappa shape index (κ3) is 3.60. The SMILES string of the molecule is CC(=O)O[C@@](Cl)(C(=O)Cl)[C@](O)(Cl)[C@@](O)(Cl)[C@H](O)C(O)Cl. The summed E-state index contributed by atoms with van der Waals surface area (Å²) in [6, 6.07) is 0. The van der Waals surface area contributed by atoms with Gasteiger partial charge < -0.3 is 25.2 Å². The maximum Gasteiger partial charge on any atom is 0.305 e. The van der Waals surface area contributed by atoms with Crippen LogP contribution in [0.1, 0.15) is 6.92 Å². The highest BCUT2D eigenvalue weighted by atomic mass is 35.5. The molecule has 0 aromatic carbocycles. The van der Waals surface area contributed by atoms with E-state index in [2.05, 4.69) is 4.74 Å². The number of alkyl halides is 4. The third-order valence-electron chi connectivity index (χ3n) is 2.08. The molecule has 0 saturated carbocycles. The molecule has 0 aliphatic rings. The van der Waals surface area contributed by atoms with Crippen molar-refractivity contribution >= 4 is 69.2 Å². The first-order chi connectivity index (χ1) is 8.71. The zero-order chi connectivity index (χ0) is 16.5. The van der Waals surface area contributed by atoms with Crippen LogP contribution in [0.4, 0.5) is 0 Å². The van der Waals surface area contributed by atoms with Crippen LogP contribution >= 0.6 is 58.0 Å². The van der Waals surface area contributed by atoms with Gasteiger partial charge in [0.1, 0.15) is 6.10 Å². The molecule has 0 heterocycles. The Balaban J connectivity index is 5.88. The van der Waals surface area contributed by atoms with Crippen LogP contribution in [-0.2, 0) is 14.3 Å². The van der Waals surface area contributed by atoms with Gasteiger partial charge in [-0.05, 0) is 11.6 Å². The van der Waals surface area contributed by atoms with Crippen LogP contribution in [0.3, 0.4) is 0 Å². The van der Waals surface area contributed by atoms with Gasteiger partial charge in [0.05, 0.1) is 0 Å². The van der Waals surface area contributed by atoms with E-state index in [1.165, 1.54) is 0 Å². The van der Waals surface area contributed by atoms with Gasteiger partial charge in [-0.1, -0.05) is 46.4 Å². The number of hydrogen-bond acceptors (Lipinski definition) is 7. The maximum atomic E-state index is 11.3.